The van der Waals surface area contributed by atoms with Crippen LogP contribution in [0.5, 0.6) is 0 Å². The fraction of sp³-hybridized carbons (Fsp3) is 0. The van der Waals surface area contributed by atoms with Gasteiger partial charge in [-0.15, -0.1) is 6.39 Å². The molecule has 0 heterocycles. The Morgan fingerprint density at radius 3 is 0.676 bits per heavy atom. The van der Waals surface area contributed by atoms with E-state index in [-0.39, 0.29) is 0 Å². The minimum atomic E-state index is -1.17. The van der Waals surface area contributed by atoms with E-state index in [9.17, 15) is 0 Å². The summed E-state index contributed by atoms with van der Waals surface area (Å²) < 4.78 is 0. The Balaban J connectivity index is 7.97. The van der Waals surface area contributed by atoms with Gasteiger partial charge in [-0.1, -0.05) is 0 Å². The summed E-state index contributed by atoms with van der Waals surface area (Å²) in [7, 11) is 119. The molecule has 42 radical (unpaired) electrons. The van der Waals surface area contributed by atoms with E-state index < -0.39 is 109 Å². The van der Waals surface area contributed by atoms with Crippen LogP contribution in [-0.4, -0.2) is 263 Å². The van der Waals surface area contributed by atoms with Gasteiger partial charge in [-0.05, 0) is 220 Å². The van der Waals surface area contributed by atoms with E-state index in [1.807, 2.05) is 0 Å². The topological polar surface area (TPSA) is 0 Å². The maximum Gasteiger partial charge on any atom is -0.000000000000247 e. The molecule has 0 aromatic heterocycles. The summed E-state index contributed by atoms with van der Waals surface area (Å²) in [6.07, 6.45) is -17.9. The molecular formula is B37-3. The van der Waals surface area contributed by atoms with Crippen molar-refractivity contribution in [2.45, 2.75) is 0 Å². The molecule has 0 N–H and O–H groups in total. The number of hydrogen-bond donors (Lipinski definition) is 0. The molecule has 37 heavy (non-hydrogen) atoms. The molecule has 0 atom stereocenters. The van der Waals surface area contributed by atoms with Crippen molar-refractivity contribution in [3.05, 3.63) is 0 Å². The smallest absolute Gasteiger partial charge is 0.000000000000247 e. The lowest BCUT2D eigenvalue weighted by atomic mass is 8.28. The summed E-state index contributed by atoms with van der Waals surface area (Å²) >= 11 is 0. The number of rotatable bonds is 17. The third-order valence-electron chi connectivity index (χ3n) is 7.33. The lowest BCUT2D eigenvalue weighted by Crippen LogP contribution is -2.91. The maximum atomic E-state index is 6.23. The highest BCUT2D eigenvalue weighted by Gasteiger charge is 2.54. The van der Waals surface area contributed by atoms with Crippen LogP contribution in [0.25, 0.3) is 0 Å². The van der Waals surface area contributed by atoms with Gasteiger partial charge in [0.1, 0.15) is 0 Å². The summed E-state index contributed by atoms with van der Waals surface area (Å²) in [5.74, 6) is 0. The van der Waals surface area contributed by atoms with E-state index in [0.29, 0.717) is 0 Å². The highest BCUT2D eigenvalue weighted by molar-refractivity contribution is 8.31. The fourth-order valence-corrected chi connectivity index (χ4v) is 5.90. The standard InChI is InChI=1S/B37/c1-20-30(21(2)3)35(31(22(4)5)23(6)7)37(34(28(16)17)29(18)19)36(32(24(8)9)25(10)11)33(26(12)13)27(14)15/q-3. The fourth-order valence-electron chi connectivity index (χ4n) is 5.90. The van der Waals surface area contributed by atoms with Crippen molar-refractivity contribution in [3.63, 3.8) is 0 Å². The summed E-state index contributed by atoms with van der Waals surface area (Å²) in [6, 6.07) is 0. The van der Waals surface area contributed by atoms with Gasteiger partial charge in [0.2, 0.25) is 0 Å². The van der Waals surface area contributed by atoms with Gasteiger partial charge < -0.3 is 29.6 Å². The first-order chi connectivity index (χ1) is 16.8. The maximum absolute atomic E-state index is 6.23. The molecule has 114 valence electrons. The molecule has 0 spiro atoms. The molecule has 0 saturated heterocycles. The lowest BCUT2D eigenvalue weighted by Gasteiger charge is -2.59. The molecular weight excluding hydrogens is 400 g/mol. The molecule has 0 aliphatic carbocycles. The highest BCUT2D eigenvalue weighted by Crippen LogP contribution is 2.17. The third kappa shape index (κ3) is 10.9. The van der Waals surface area contributed by atoms with Gasteiger partial charge in [0, 0.05) is 0 Å². The predicted molar refractivity (Wildman–Crippen MR) is 213 cm³/mol. The Hall–Kier alpha value is 2.40. The van der Waals surface area contributed by atoms with Crippen LogP contribution in [0.1, 0.15) is 0 Å². The second-order valence-electron chi connectivity index (χ2n) is 10.0. The van der Waals surface area contributed by atoms with Crippen LogP contribution >= 0.6 is 0 Å². The molecule has 0 saturated carbocycles. The van der Waals surface area contributed by atoms with Crippen molar-refractivity contribution in [2.24, 2.45) is 0 Å². The van der Waals surface area contributed by atoms with Crippen molar-refractivity contribution in [1.82, 2.24) is 0 Å². The third-order valence-corrected chi connectivity index (χ3v) is 7.33. The normalized spacial score (nSPS) is 9.59. The summed E-state index contributed by atoms with van der Waals surface area (Å²) in [4.78, 5) is 0. The van der Waals surface area contributed by atoms with E-state index in [0.717, 1.165) is 0 Å². The molecule has 0 aliphatic rings. The highest BCUT2D eigenvalue weighted by atomic mass is 13.4. The van der Waals surface area contributed by atoms with Crippen molar-refractivity contribution < 1.29 is 0 Å². The van der Waals surface area contributed by atoms with Crippen LogP contribution in [0.15, 0.2) is 0 Å². The first-order valence-electron chi connectivity index (χ1n) is 12.0. The molecule has 0 amide bonds. The SMILES string of the molecule is [B]B([B])B(B([B])[B])B(B([B][B-])B([B-])[B-])B(B(B([B])[B])B([B])[B])B(B(B([B])[B])B([B])[B])B(B([B])[B])B([B])[B]. The van der Waals surface area contributed by atoms with Gasteiger partial charge >= 0.3 is 0 Å². The molecule has 0 fully saturated rings. The minimum Gasteiger partial charge on any atom is -0.729 e. The van der Waals surface area contributed by atoms with Crippen LogP contribution in [-0.2, 0) is 0 Å². The average Bonchev–Trinajstić information content (AvgIpc) is 2.68. The zero-order valence-corrected chi connectivity index (χ0v) is 21.4. The van der Waals surface area contributed by atoms with E-state index in [1.165, 1.54) is 7.06 Å². The molecule has 0 bridgehead atoms. The quantitative estimate of drug-likeness (QED) is 0.213. The monoisotopic (exact) mass is 407 g/mol. The minimum absolute atomic E-state index is 0.881. The van der Waals surface area contributed by atoms with E-state index in [4.69, 9.17) is 147 Å². The van der Waals surface area contributed by atoms with Crippen molar-refractivity contribution in [2.75, 3.05) is 0 Å². The van der Waals surface area contributed by atoms with Crippen LogP contribution < -0.4 is 0 Å². The Morgan fingerprint density at radius 1 is 0.324 bits per heavy atom. The van der Waals surface area contributed by atoms with Gasteiger partial charge in [-0.3, -0.25) is 7.06 Å². The van der Waals surface area contributed by atoms with Crippen molar-refractivity contribution >= 4 is 263 Å². The summed E-state index contributed by atoms with van der Waals surface area (Å²) in [6.45, 7) is 0. The first kappa shape index (κ1) is 39.4. The molecule has 0 aliphatic heterocycles. The second-order valence-corrected chi connectivity index (χ2v) is 10.0. The molecule has 0 aromatic rings. The average molecular weight is 400 g/mol. The van der Waals surface area contributed by atoms with Gasteiger partial charge in [-0.2, -0.15) is 0 Å². The molecule has 0 rings (SSSR count). The van der Waals surface area contributed by atoms with Crippen LogP contribution in [0.3, 0.4) is 0 Å². The molecule has 0 unspecified atom stereocenters. The van der Waals surface area contributed by atoms with Crippen molar-refractivity contribution in [1.29, 1.82) is 0 Å². The van der Waals surface area contributed by atoms with E-state index in [2.05, 4.69) is 0 Å². The Bertz CT molecular complexity index is 523. The number of hydrogen-bond acceptors (Lipinski definition) is 0. The van der Waals surface area contributed by atoms with E-state index >= 15 is 0 Å². The van der Waals surface area contributed by atoms with Crippen LogP contribution in [0, 0.1) is 0 Å². The van der Waals surface area contributed by atoms with Gasteiger partial charge in [0.15, 0.2) is 0 Å². The predicted octanol–water partition coefficient (Wildman–Crippen LogP) is -14.1. The summed E-state index contributed by atoms with van der Waals surface area (Å²) in [5, 5.41) is 0. The van der Waals surface area contributed by atoms with Crippen LogP contribution in [0.2, 0.25) is 0 Å². The first-order valence-corrected chi connectivity index (χ1v) is 12.0. The Labute approximate surface area is 261 Å². The van der Waals surface area contributed by atoms with Crippen LogP contribution in [0.4, 0.5) is 0 Å². The molecule has 0 nitrogen and oxygen atoms in total. The Kier molecular flexibility index (Phi) is 19.3. The van der Waals surface area contributed by atoms with Gasteiger partial charge in [-0.25, -0.2) is 0 Å². The van der Waals surface area contributed by atoms with E-state index in [1.54, 1.807) is 0 Å². The van der Waals surface area contributed by atoms with Gasteiger partial charge in [0.25, 0.3) is 0 Å². The lowest BCUT2D eigenvalue weighted by molar-refractivity contribution is 3.23. The largest absolute Gasteiger partial charge is 0.729 e. The zero-order valence-electron chi connectivity index (χ0n) is 21.4. The molecule has 37 heteroatoms. The zero-order chi connectivity index (χ0) is 29.5. The van der Waals surface area contributed by atoms with Gasteiger partial charge in [0.05, 0.1) is 0 Å². The summed E-state index contributed by atoms with van der Waals surface area (Å²) in [5.41, 5.74) is 0. The molecule has 0 aromatic carbocycles. The second kappa shape index (κ2) is 18.2. The Morgan fingerprint density at radius 2 is 0.514 bits per heavy atom. The van der Waals surface area contributed by atoms with Crippen molar-refractivity contribution in [3.8, 4) is 0 Å².